The standard InChI is InChI=1S/C18H19ClFN3OS/c19-14-3-6-16(21-11-14)23-17(25)22-12-18(7-9-24-10-8-18)13-1-4-15(20)5-2-13/h1-6,11H,7-10,12H2,(H2,21,22,23,25). The molecule has 0 spiro atoms. The number of halogens is 2. The van der Waals surface area contributed by atoms with E-state index in [1.807, 2.05) is 12.1 Å². The molecule has 7 heteroatoms. The fourth-order valence-electron chi connectivity index (χ4n) is 2.99. The maximum absolute atomic E-state index is 13.3. The van der Waals surface area contributed by atoms with Crippen molar-refractivity contribution in [3.63, 3.8) is 0 Å². The Kier molecular flexibility index (Phi) is 5.83. The van der Waals surface area contributed by atoms with Gasteiger partial charge in [-0.1, -0.05) is 23.7 Å². The lowest BCUT2D eigenvalue weighted by Crippen LogP contribution is -2.45. The van der Waals surface area contributed by atoms with E-state index >= 15 is 0 Å². The molecular formula is C18H19ClFN3OS. The number of ether oxygens (including phenoxy) is 1. The van der Waals surface area contributed by atoms with Gasteiger partial charge in [0.05, 0.1) is 5.02 Å². The lowest BCUT2D eigenvalue weighted by atomic mass is 9.74. The minimum atomic E-state index is -0.232. The quantitative estimate of drug-likeness (QED) is 0.789. The van der Waals surface area contributed by atoms with Crippen molar-refractivity contribution < 1.29 is 9.13 Å². The van der Waals surface area contributed by atoms with Gasteiger partial charge in [0.2, 0.25) is 0 Å². The second-order valence-electron chi connectivity index (χ2n) is 6.07. The van der Waals surface area contributed by atoms with Crippen molar-refractivity contribution in [1.82, 2.24) is 10.3 Å². The first-order valence-corrected chi connectivity index (χ1v) is 8.86. The van der Waals surface area contributed by atoms with Crippen LogP contribution in [0.1, 0.15) is 18.4 Å². The van der Waals surface area contributed by atoms with E-state index in [9.17, 15) is 4.39 Å². The molecule has 0 aliphatic carbocycles. The molecule has 1 aromatic heterocycles. The van der Waals surface area contributed by atoms with Gasteiger partial charge in [-0.25, -0.2) is 9.37 Å². The van der Waals surface area contributed by atoms with Gasteiger partial charge in [0, 0.05) is 31.4 Å². The third-order valence-corrected chi connectivity index (χ3v) is 4.93. The topological polar surface area (TPSA) is 46.2 Å². The van der Waals surface area contributed by atoms with Gasteiger partial charge < -0.3 is 15.4 Å². The number of rotatable bonds is 4. The summed E-state index contributed by atoms with van der Waals surface area (Å²) in [6.07, 6.45) is 3.27. The summed E-state index contributed by atoms with van der Waals surface area (Å²) in [5.41, 5.74) is 0.961. The first kappa shape index (κ1) is 18.0. The van der Waals surface area contributed by atoms with Crippen LogP contribution in [0.2, 0.25) is 5.02 Å². The van der Waals surface area contributed by atoms with Crippen LogP contribution in [0.25, 0.3) is 0 Å². The minimum absolute atomic E-state index is 0.134. The highest BCUT2D eigenvalue weighted by molar-refractivity contribution is 7.80. The highest BCUT2D eigenvalue weighted by Gasteiger charge is 2.34. The molecule has 2 N–H and O–H groups in total. The maximum Gasteiger partial charge on any atom is 0.171 e. The Morgan fingerprint density at radius 1 is 1.20 bits per heavy atom. The average molecular weight is 380 g/mol. The third kappa shape index (κ3) is 4.66. The molecule has 0 unspecified atom stereocenters. The van der Waals surface area contributed by atoms with Gasteiger partial charge in [-0.3, -0.25) is 0 Å². The molecule has 132 valence electrons. The highest BCUT2D eigenvalue weighted by atomic mass is 35.5. The number of pyridine rings is 1. The van der Waals surface area contributed by atoms with Crippen LogP contribution in [-0.2, 0) is 10.2 Å². The fourth-order valence-corrected chi connectivity index (χ4v) is 3.28. The number of anilines is 1. The van der Waals surface area contributed by atoms with Crippen LogP contribution in [0.5, 0.6) is 0 Å². The van der Waals surface area contributed by atoms with Gasteiger partial charge in [-0.15, -0.1) is 0 Å². The van der Waals surface area contributed by atoms with Crippen LogP contribution in [0.4, 0.5) is 10.2 Å². The number of thiocarbonyl (C=S) groups is 1. The van der Waals surface area contributed by atoms with E-state index in [2.05, 4.69) is 15.6 Å². The van der Waals surface area contributed by atoms with Gasteiger partial charge in [0.1, 0.15) is 11.6 Å². The Hall–Kier alpha value is -1.76. The SMILES string of the molecule is Fc1ccc(C2(CNC(=S)Nc3ccc(Cl)cn3)CCOCC2)cc1. The number of hydrogen-bond donors (Lipinski definition) is 2. The maximum atomic E-state index is 13.3. The monoisotopic (exact) mass is 379 g/mol. The van der Waals surface area contributed by atoms with Crippen molar-refractivity contribution in [1.29, 1.82) is 0 Å². The van der Waals surface area contributed by atoms with Crippen molar-refractivity contribution in [2.75, 3.05) is 25.1 Å². The molecule has 1 aliphatic rings. The molecule has 1 aliphatic heterocycles. The molecule has 3 rings (SSSR count). The second kappa shape index (κ2) is 8.08. The summed E-state index contributed by atoms with van der Waals surface area (Å²) in [6, 6.07) is 10.2. The number of aromatic nitrogens is 1. The van der Waals surface area contributed by atoms with Gasteiger partial charge >= 0.3 is 0 Å². The largest absolute Gasteiger partial charge is 0.381 e. The number of hydrogen-bond acceptors (Lipinski definition) is 3. The second-order valence-corrected chi connectivity index (χ2v) is 6.91. The van der Waals surface area contributed by atoms with E-state index in [0.29, 0.717) is 35.7 Å². The normalized spacial score (nSPS) is 16.2. The zero-order valence-corrected chi connectivity index (χ0v) is 15.2. The van der Waals surface area contributed by atoms with Crippen LogP contribution in [0, 0.1) is 5.82 Å². The minimum Gasteiger partial charge on any atom is -0.381 e. The third-order valence-electron chi connectivity index (χ3n) is 4.46. The van der Waals surface area contributed by atoms with E-state index in [0.717, 1.165) is 18.4 Å². The smallest absolute Gasteiger partial charge is 0.171 e. The van der Waals surface area contributed by atoms with E-state index in [1.54, 1.807) is 18.3 Å². The first-order valence-electron chi connectivity index (χ1n) is 8.08. The Morgan fingerprint density at radius 2 is 1.92 bits per heavy atom. The van der Waals surface area contributed by atoms with Gasteiger partial charge in [-0.2, -0.15) is 0 Å². The Balaban J connectivity index is 1.67. The van der Waals surface area contributed by atoms with Crippen molar-refractivity contribution in [2.24, 2.45) is 0 Å². The number of benzene rings is 1. The molecule has 0 amide bonds. The van der Waals surface area contributed by atoms with Crippen molar-refractivity contribution >= 4 is 34.7 Å². The molecule has 4 nitrogen and oxygen atoms in total. The van der Waals surface area contributed by atoms with E-state index in [-0.39, 0.29) is 11.2 Å². The summed E-state index contributed by atoms with van der Waals surface area (Å²) in [5, 5.41) is 7.37. The summed E-state index contributed by atoms with van der Waals surface area (Å²) in [6.45, 7) is 2.00. The molecule has 25 heavy (non-hydrogen) atoms. The zero-order valence-electron chi connectivity index (χ0n) is 13.6. The van der Waals surface area contributed by atoms with Crippen LogP contribution in [0.3, 0.4) is 0 Å². The van der Waals surface area contributed by atoms with Crippen LogP contribution >= 0.6 is 23.8 Å². The number of nitrogens with zero attached hydrogens (tertiary/aromatic N) is 1. The Morgan fingerprint density at radius 3 is 2.56 bits per heavy atom. The fraction of sp³-hybridized carbons (Fsp3) is 0.333. The van der Waals surface area contributed by atoms with Crippen molar-refractivity contribution in [2.45, 2.75) is 18.3 Å². The van der Waals surface area contributed by atoms with Crippen molar-refractivity contribution in [3.8, 4) is 0 Å². The summed E-state index contributed by atoms with van der Waals surface area (Å²) in [7, 11) is 0. The molecule has 2 aromatic rings. The van der Waals surface area contributed by atoms with Crippen LogP contribution in [-0.4, -0.2) is 29.9 Å². The molecule has 1 fully saturated rings. The first-order chi connectivity index (χ1) is 12.1. The molecule has 0 saturated carbocycles. The molecule has 0 bridgehead atoms. The van der Waals surface area contributed by atoms with Gasteiger partial charge in [0.25, 0.3) is 0 Å². The summed E-state index contributed by atoms with van der Waals surface area (Å²) in [4.78, 5) is 4.17. The summed E-state index contributed by atoms with van der Waals surface area (Å²) in [5.74, 6) is 0.398. The van der Waals surface area contributed by atoms with Crippen LogP contribution in [0.15, 0.2) is 42.6 Å². The van der Waals surface area contributed by atoms with E-state index in [1.165, 1.54) is 12.1 Å². The van der Waals surface area contributed by atoms with E-state index < -0.39 is 0 Å². The average Bonchev–Trinajstić information content (AvgIpc) is 2.63. The Bertz CT molecular complexity index is 718. The lowest BCUT2D eigenvalue weighted by Gasteiger charge is -2.38. The predicted octanol–water partition coefficient (Wildman–Crippen LogP) is 3.91. The molecule has 2 heterocycles. The molecule has 0 atom stereocenters. The molecule has 0 radical (unpaired) electrons. The number of nitrogens with one attached hydrogen (secondary N) is 2. The lowest BCUT2D eigenvalue weighted by molar-refractivity contribution is 0.0515. The van der Waals surface area contributed by atoms with Crippen molar-refractivity contribution in [3.05, 3.63) is 59.0 Å². The molecule has 1 saturated heterocycles. The predicted molar refractivity (Wildman–Crippen MR) is 102 cm³/mol. The van der Waals surface area contributed by atoms with E-state index in [4.69, 9.17) is 28.6 Å². The summed E-state index contributed by atoms with van der Waals surface area (Å²) >= 11 is 11.2. The van der Waals surface area contributed by atoms with Gasteiger partial charge in [0.15, 0.2) is 5.11 Å². The highest BCUT2D eigenvalue weighted by Crippen LogP contribution is 2.34. The Labute approximate surface area is 156 Å². The zero-order chi connectivity index (χ0) is 17.7. The molecular weight excluding hydrogens is 361 g/mol. The summed E-state index contributed by atoms with van der Waals surface area (Å²) < 4.78 is 18.8. The van der Waals surface area contributed by atoms with Crippen LogP contribution < -0.4 is 10.6 Å². The molecule has 1 aromatic carbocycles. The van der Waals surface area contributed by atoms with Gasteiger partial charge in [-0.05, 0) is 54.9 Å².